The van der Waals surface area contributed by atoms with Crippen molar-refractivity contribution < 1.29 is 8.83 Å². The molecular formula is C13H8N4O2S. The molecule has 0 fully saturated rings. The van der Waals surface area contributed by atoms with Crippen molar-refractivity contribution in [2.45, 2.75) is 0 Å². The molecule has 0 aromatic carbocycles. The maximum absolute atomic E-state index is 5.32. The van der Waals surface area contributed by atoms with Gasteiger partial charge < -0.3 is 8.83 Å². The highest BCUT2D eigenvalue weighted by Gasteiger charge is 2.14. The third-order valence-corrected chi connectivity index (χ3v) is 3.55. The zero-order chi connectivity index (χ0) is 13.4. The van der Waals surface area contributed by atoms with Gasteiger partial charge in [-0.25, -0.2) is 0 Å². The largest absolute Gasteiger partial charge is 0.465 e. The lowest BCUT2D eigenvalue weighted by Gasteiger charge is -1.89. The molecule has 0 spiro atoms. The standard InChI is InChI=1S/C13H8N4O2S/c1-3-9(18-7-1)5-6-11-16-17-12(10-4-2-8-19-10)14-15-13(17)20-11/h1-8H/b6-5+. The van der Waals surface area contributed by atoms with Gasteiger partial charge in [0.1, 0.15) is 10.8 Å². The van der Waals surface area contributed by atoms with Gasteiger partial charge in [0.05, 0.1) is 12.5 Å². The van der Waals surface area contributed by atoms with Gasteiger partial charge in [-0.05, 0) is 36.4 Å². The molecule has 0 aliphatic carbocycles. The van der Waals surface area contributed by atoms with Gasteiger partial charge in [0, 0.05) is 0 Å². The first-order valence-electron chi connectivity index (χ1n) is 5.88. The van der Waals surface area contributed by atoms with E-state index < -0.39 is 0 Å². The minimum atomic E-state index is 0.596. The molecule has 0 saturated heterocycles. The van der Waals surface area contributed by atoms with Gasteiger partial charge in [-0.2, -0.15) is 9.61 Å². The molecule has 0 bridgehead atoms. The van der Waals surface area contributed by atoms with Crippen molar-refractivity contribution in [2.75, 3.05) is 0 Å². The molecule has 0 saturated carbocycles. The molecule has 4 aromatic heterocycles. The van der Waals surface area contributed by atoms with Crippen molar-refractivity contribution in [3.05, 3.63) is 47.6 Å². The summed E-state index contributed by atoms with van der Waals surface area (Å²) in [6.07, 6.45) is 6.97. The van der Waals surface area contributed by atoms with E-state index in [0.29, 0.717) is 11.6 Å². The SMILES string of the molecule is C(=C\c1nn2c(-c3ccco3)nnc2s1)/c1ccco1. The summed E-state index contributed by atoms with van der Waals surface area (Å²) < 4.78 is 12.2. The van der Waals surface area contributed by atoms with Crippen LogP contribution in [0.25, 0.3) is 28.7 Å². The zero-order valence-electron chi connectivity index (χ0n) is 10.1. The van der Waals surface area contributed by atoms with Crippen LogP contribution in [0.5, 0.6) is 0 Å². The summed E-state index contributed by atoms with van der Waals surface area (Å²) in [7, 11) is 0. The van der Waals surface area contributed by atoms with Gasteiger partial charge in [-0.3, -0.25) is 0 Å². The predicted molar refractivity (Wildman–Crippen MR) is 74.0 cm³/mol. The van der Waals surface area contributed by atoms with E-state index in [4.69, 9.17) is 8.83 Å². The number of rotatable bonds is 3. The topological polar surface area (TPSA) is 69.4 Å². The van der Waals surface area contributed by atoms with Crippen LogP contribution in [-0.2, 0) is 0 Å². The molecule has 0 unspecified atom stereocenters. The molecular weight excluding hydrogens is 276 g/mol. The summed E-state index contributed by atoms with van der Waals surface area (Å²) in [4.78, 5) is 0.718. The number of nitrogens with zero attached hydrogens (tertiary/aromatic N) is 4. The fourth-order valence-corrected chi connectivity index (χ4v) is 2.54. The van der Waals surface area contributed by atoms with Crippen LogP contribution in [-0.4, -0.2) is 19.8 Å². The molecule has 4 aromatic rings. The number of hydrogen-bond acceptors (Lipinski definition) is 6. The first-order chi connectivity index (χ1) is 9.90. The highest BCUT2D eigenvalue weighted by molar-refractivity contribution is 7.17. The van der Waals surface area contributed by atoms with E-state index in [2.05, 4.69) is 15.3 Å². The van der Waals surface area contributed by atoms with E-state index in [-0.39, 0.29) is 0 Å². The van der Waals surface area contributed by atoms with E-state index in [9.17, 15) is 0 Å². The molecule has 7 heteroatoms. The molecule has 0 aliphatic rings. The van der Waals surface area contributed by atoms with Gasteiger partial charge in [0.25, 0.3) is 0 Å². The van der Waals surface area contributed by atoms with E-state index >= 15 is 0 Å². The van der Waals surface area contributed by atoms with Crippen molar-refractivity contribution in [2.24, 2.45) is 0 Å². The van der Waals surface area contributed by atoms with Crippen LogP contribution in [0.1, 0.15) is 10.8 Å². The van der Waals surface area contributed by atoms with Crippen LogP contribution >= 0.6 is 11.3 Å². The van der Waals surface area contributed by atoms with Crippen molar-refractivity contribution in [3.63, 3.8) is 0 Å². The smallest absolute Gasteiger partial charge is 0.235 e. The summed E-state index contributed by atoms with van der Waals surface area (Å²) in [6.45, 7) is 0. The zero-order valence-corrected chi connectivity index (χ0v) is 10.9. The average Bonchev–Trinajstić information content (AvgIpc) is 3.20. The third kappa shape index (κ3) is 1.84. The van der Waals surface area contributed by atoms with Crippen LogP contribution in [0.2, 0.25) is 0 Å². The Labute approximate surface area is 117 Å². The molecule has 4 heterocycles. The van der Waals surface area contributed by atoms with E-state index in [1.165, 1.54) is 11.3 Å². The molecule has 0 radical (unpaired) electrons. The molecule has 0 aliphatic heterocycles. The second-order valence-electron chi connectivity index (χ2n) is 3.98. The van der Waals surface area contributed by atoms with Crippen molar-refractivity contribution in [1.82, 2.24) is 19.8 Å². The van der Waals surface area contributed by atoms with Gasteiger partial charge >= 0.3 is 0 Å². The first kappa shape index (κ1) is 11.2. The maximum atomic E-state index is 5.32. The molecule has 6 nitrogen and oxygen atoms in total. The van der Waals surface area contributed by atoms with Crippen LogP contribution in [0, 0.1) is 0 Å². The van der Waals surface area contributed by atoms with E-state index in [1.807, 2.05) is 30.4 Å². The third-order valence-electron chi connectivity index (χ3n) is 2.68. The fraction of sp³-hybridized carbons (Fsp3) is 0. The lowest BCUT2D eigenvalue weighted by atomic mass is 10.4. The first-order valence-corrected chi connectivity index (χ1v) is 6.69. The summed E-state index contributed by atoms with van der Waals surface area (Å²) in [5.41, 5.74) is 0. The summed E-state index contributed by atoms with van der Waals surface area (Å²) in [5, 5.41) is 13.4. The van der Waals surface area contributed by atoms with Crippen LogP contribution in [0.15, 0.2) is 45.6 Å². The monoisotopic (exact) mass is 284 g/mol. The lowest BCUT2D eigenvalue weighted by molar-refractivity contribution is 0.557. The second-order valence-corrected chi connectivity index (χ2v) is 4.97. The van der Waals surface area contributed by atoms with Gasteiger partial charge in [-0.1, -0.05) is 11.3 Å². The Balaban J connectivity index is 1.73. The number of aromatic nitrogens is 4. The average molecular weight is 284 g/mol. The number of furan rings is 2. The maximum Gasteiger partial charge on any atom is 0.235 e. The normalized spacial score (nSPS) is 11.8. The Morgan fingerprint density at radius 3 is 2.75 bits per heavy atom. The van der Waals surface area contributed by atoms with Crippen molar-refractivity contribution >= 4 is 28.4 Å². The predicted octanol–water partition coefficient (Wildman–Crippen LogP) is 3.21. The Kier molecular flexibility index (Phi) is 2.49. The van der Waals surface area contributed by atoms with E-state index in [0.717, 1.165) is 15.7 Å². The molecule has 0 amide bonds. The van der Waals surface area contributed by atoms with Crippen LogP contribution in [0.3, 0.4) is 0 Å². The Morgan fingerprint density at radius 2 is 1.95 bits per heavy atom. The minimum Gasteiger partial charge on any atom is -0.465 e. The van der Waals surface area contributed by atoms with Crippen LogP contribution in [0.4, 0.5) is 0 Å². The molecule has 20 heavy (non-hydrogen) atoms. The molecule has 4 rings (SSSR count). The Morgan fingerprint density at radius 1 is 1.05 bits per heavy atom. The van der Waals surface area contributed by atoms with E-state index in [1.54, 1.807) is 23.1 Å². The Hall–Kier alpha value is -2.67. The summed E-state index contributed by atoms with van der Waals surface area (Å²) in [5.74, 6) is 2.02. The summed E-state index contributed by atoms with van der Waals surface area (Å²) >= 11 is 1.45. The number of hydrogen-bond donors (Lipinski definition) is 0. The molecule has 0 atom stereocenters. The fourth-order valence-electron chi connectivity index (χ4n) is 1.80. The van der Waals surface area contributed by atoms with Gasteiger partial charge in [0.15, 0.2) is 5.76 Å². The van der Waals surface area contributed by atoms with Crippen molar-refractivity contribution in [1.29, 1.82) is 0 Å². The molecule has 0 N–H and O–H groups in total. The van der Waals surface area contributed by atoms with Crippen LogP contribution < -0.4 is 0 Å². The van der Waals surface area contributed by atoms with Gasteiger partial charge in [0.2, 0.25) is 10.8 Å². The summed E-state index contributed by atoms with van der Waals surface area (Å²) in [6, 6.07) is 7.35. The molecule has 98 valence electrons. The number of fused-ring (bicyclic) bond motifs is 1. The Bertz CT molecular complexity index is 856. The highest BCUT2D eigenvalue weighted by atomic mass is 32.1. The highest BCUT2D eigenvalue weighted by Crippen LogP contribution is 2.22. The quantitative estimate of drug-likeness (QED) is 0.577. The van der Waals surface area contributed by atoms with Crippen molar-refractivity contribution in [3.8, 4) is 11.6 Å². The lowest BCUT2D eigenvalue weighted by Crippen LogP contribution is -1.88. The second kappa shape index (κ2) is 4.46. The minimum absolute atomic E-state index is 0.596. The van der Waals surface area contributed by atoms with Gasteiger partial charge in [-0.15, -0.1) is 10.2 Å².